The molecule has 0 bridgehead atoms. The largest absolute Gasteiger partial charge is 0.492 e. The minimum atomic E-state index is -0.555. The Bertz CT molecular complexity index is 899. The van der Waals surface area contributed by atoms with Crippen LogP contribution >= 0.6 is 0 Å². The number of unbranched alkanes of at least 4 members (excludes halogenated alkanes) is 2. The third-order valence-electron chi connectivity index (χ3n) is 5.32. The highest BCUT2D eigenvalue weighted by atomic mass is 16.5. The number of ether oxygens (including phenoxy) is 6. The van der Waals surface area contributed by atoms with Gasteiger partial charge in [-0.15, -0.1) is 0 Å². The second kappa shape index (κ2) is 11.3. The molecule has 0 saturated heterocycles. The molecule has 2 rings (SSSR count). The van der Waals surface area contributed by atoms with Crippen molar-refractivity contribution in [3.8, 4) is 0 Å². The van der Waals surface area contributed by atoms with Gasteiger partial charge in [-0.1, -0.05) is 6.42 Å². The van der Waals surface area contributed by atoms with Gasteiger partial charge in [0.2, 0.25) is 34.6 Å². The number of ketones is 4. The van der Waals surface area contributed by atoms with Crippen LogP contribution in [0, 0.1) is 0 Å². The van der Waals surface area contributed by atoms with Crippen molar-refractivity contribution in [2.75, 3.05) is 42.7 Å². The van der Waals surface area contributed by atoms with Crippen LogP contribution in [0.2, 0.25) is 0 Å². The lowest BCUT2D eigenvalue weighted by Crippen LogP contribution is -2.27. The predicted molar refractivity (Wildman–Crippen MR) is 113 cm³/mol. The molecule has 0 saturated carbocycles. The quantitative estimate of drug-likeness (QED) is 0.313. The van der Waals surface area contributed by atoms with Gasteiger partial charge in [-0.2, -0.15) is 0 Å². The molecule has 180 valence electrons. The fourth-order valence-corrected chi connectivity index (χ4v) is 3.78. The summed E-state index contributed by atoms with van der Waals surface area (Å²) >= 11 is 0. The average molecular weight is 464 g/mol. The molecule has 0 aliphatic heterocycles. The first-order valence-electron chi connectivity index (χ1n) is 10.2. The molecule has 0 N–H and O–H groups in total. The lowest BCUT2D eigenvalue weighted by Gasteiger charge is -2.21. The second-order valence-corrected chi connectivity index (χ2v) is 7.03. The third-order valence-corrected chi connectivity index (χ3v) is 5.32. The zero-order valence-corrected chi connectivity index (χ0v) is 19.6. The van der Waals surface area contributed by atoms with E-state index >= 15 is 0 Å². The number of hydrogen-bond donors (Lipinski definition) is 0. The summed E-state index contributed by atoms with van der Waals surface area (Å²) in [6.07, 6.45) is 2.16. The van der Waals surface area contributed by atoms with Crippen LogP contribution in [0.25, 0.3) is 0 Å². The van der Waals surface area contributed by atoms with E-state index in [4.69, 9.17) is 28.4 Å². The number of rotatable bonds is 12. The molecule has 0 aromatic rings. The number of hydrogen-bond acceptors (Lipinski definition) is 10. The summed E-state index contributed by atoms with van der Waals surface area (Å²) in [5.41, 5.74) is 0.408. The topological polar surface area (TPSA) is 124 Å². The molecule has 0 radical (unpaired) electrons. The number of carbonyl (C=O) groups excluding carboxylic acids is 4. The van der Waals surface area contributed by atoms with Crippen molar-refractivity contribution in [3.05, 3.63) is 45.7 Å². The molecule has 2 aliphatic carbocycles. The summed E-state index contributed by atoms with van der Waals surface area (Å²) in [6, 6.07) is 0. The van der Waals surface area contributed by atoms with Gasteiger partial charge in [0, 0.05) is 11.1 Å². The number of allylic oxidation sites excluding steroid dienone is 2. The molecule has 10 nitrogen and oxygen atoms in total. The molecule has 0 amide bonds. The van der Waals surface area contributed by atoms with E-state index in [0.29, 0.717) is 19.3 Å². The molecule has 0 aromatic carbocycles. The predicted octanol–water partition coefficient (Wildman–Crippen LogP) is 2.05. The molecule has 0 atom stereocenters. The van der Waals surface area contributed by atoms with E-state index in [2.05, 4.69) is 0 Å². The standard InChI is InChI=1S/C23H28O10/c1-28-18-12(14(24)20(30-3)22(32-5)16(18)26)10-8-7-9-11-13-15(25)21(31-4)23(33-6)17(27)19(13)29-2/h7-11H2,1-6H3. The van der Waals surface area contributed by atoms with Crippen LogP contribution in [0.3, 0.4) is 0 Å². The van der Waals surface area contributed by atoms with Crippen LogP contribution in [0.4, 0.5) is 0 Å². The lowest BCUT2D eigenvalue weighted by atomic mass is 9.91. The molecule has 33 heavy (non-hydrogen) atoms. The summed E-state index contributed by atoms with van der Waals surface area (Å²) < 4.78 is 30.5. The second-order valence-electron chi connectivity index (χ2n) is 7.03. The van der Waals surface area contributed by atoms with Crippen LogP contribution in [0.1, 0.15) is 32.1 Å². The van der Waals surface area contributed by atoms with Crippen molar-refractivity contribution in [2.24, 2.45) is 0 Å². The van der Waals surface area contributed by atoms with Crippen molar-refractivity contribution < 1.29 is 47.6 Å². The van der Waals surface area contributed by atoms with E-state index in [0.717, 1.165) is 0 Å². The number of methoxy groups -OCH3 is 6. The smallest absolute Gasteiger partial charge is 0.266 e. The Hall–Kier alpha value is -3.56. The Kier molecular flexibility index (Phi) is 8.84. The Labute approximate surface area is 191 Å². The van der Waals surface area contributed by atoms with Gasteiger partial charge in [0.05, 0.1) is 42.7 Å². The van der Waals surface area contributed by atoms with Crippen molar-refractivity contribution in [2.45, 2.75) is 32.1 Å². The fourth-order valence-electron chi connectivity index (χ4n) is 3.78. The Morgan fingerprint density at radius 2 is 0.667 bits per heavy atom. The first-order valence-corrected chi connectivity index (χ1v) is 10.2. The zero-order chi connectivity index (χ0) is 24.7. The molecular weight excluding hydrogens is 436 g/mol. The summed E-state index contributed by atoms with van der Waals surface area (Å²) in [5, 5.41) is 0. The fraction of sp³-hybridized carbons (Fsp3) is 0.478. The lowest BCUT2D eigenvalue weighted by molar-refractivity contribution is -0.123. The van der Waals surface area contributed by atoms with Gasteiger partial charge < -0.3 is 28.4 Å². The van der Waals surface area contributed by atoms with Crippen molar-refractivity contribution >= 4 is 23.1 Å². The average Bonchev–Trinajstić information content (AvgIpc) is 2.81. The highest BCUT2D eigenvalue weighted by molar-refractivity contribution is 6.23. The van der Waals surface area contributed by atoms with E-state index < -0.39 is 23.1 Å². The first kappa shape index (κ1) is 25.7. The van der Waals surface area contributed by atoms with E-state index in [9.17, 15) is 19.2 Å². The van der Waals surface area contributed by atoms with Gasteiger partial charge in [-0.3, -0.25) is 19.2 Å². The Morgan fingerprint density at radius 3 is 0.939 bits per heavy atom. The highest BCUT2D eigenvalue weighted by Crippen LogP contribution is 2.31. The van der Waals surface area contributed by atoms with Crippen molar-refractivity contribution in [1.82, 2.24) is 0 Å². The van der Waals surface area contributed by atoms with E-state index in [1.54, 1.807) is 0 Å². The van der Waals surface area contributed by atoms with Gasteiger partial charge in [0.1, 0.15) is 0 Å². The van der Waals surface area contributed by atoms with E-state index in [-0.39, 0.29) is 58.5 Å². The van der Waals surface area contributed by atoms with Crippen LogP contribution in [-0.4, -0.2) is 65.8 Å². The summed E-state index contributed by atoms with van der Waals surface area (Å²) in [6.45, 7) is 0. The maximum Gasteiger partial charge on any atom is 0.266 e. The summed E-state index contributed by atoms with van der Waals surface area (Å²) in [7, 11) is 7.75. The minimum Gasteiger partial charge on any atom is -0.492 e. The Balaban J connectivity index is 2.08. The minimum absolute atomic E-state index is 0.0722. The van der Waals surface area contributed by atoms with E-state index in [1.165, 1.54) is 42.7 Å². The van der Waals surface area contributed by atoms with Gasteiger partial charge in [-0.05, 0) is 25.7 Å². The molecular formula is C23H28O10. The Morgan fingerprint density at radius 1 is 0.394 bits per heavy atom. The number of carbonyl (C=O) groups is 4. The van der Waals surface area contributed by atoms with Crippen LogP contribution in [-0.2, 0) is 47.6 Å². The SMILES string of the molecule is COC1=C(CCCCCC2=C(OC)C(=O)C(OC)=C(OC)C2=O)C(=O)C(OC)=C(OC)C1=O. The normalized spacial score (nSPS) is 17.2. The third kappa shape index (κ3) is 4.79. The summed E-state index contributed by atoms with van der Waals surface area (Å²) in [4.78, 5) is 50.6. The molecule has 0 unspecified atom stereocenters. The molecule has 0 aromatic heterocycles. The van der Waals surface area contributed by atoms with E-state index in [1.807, 2.05) is 0 Å². The summed E-state index contributed by atoms with van der Waals surface area (Å²) in [5.74, 6) is -2.90. The van der Waals surface area contributed by atoms with Gasteiger partial charge in [0.15, 0.2) is 11.5 Å². The van der Waals surface area contributed by atoms with Gasteiger partial charge in [-0.25, -0.2) is 0 Å². The molecule has 0 fully saturated rings. The molecule has 0 spiro atoms. The zero-order valence-electron chi connectivity index (χ0n) is 19.6. The van der Waals surface area contributed by atoms with Gasteiger partial charge in [0.25, 0.3) is 11.6 Å². The van der Waals surface area contributed by atoms with Crippen molar-refractivity contribution in [3.63, 3.8) is 0 Å². The van der Waals surface area contributed by atoms with Crippen LogP contribution < -0.4 is 0 Å². The van der Waals surface area contributed by atoms with Crippen LogP contribution in [0.15, 0.2) is 45.7 Å². The molecule has 0 heterocycles. The first-order chi connectivity index (χ1) is 15.8. The maximum absolute atomic E-state index is 12.8. The molecule has 2 aliphatic rings. The highest BCUT2D eigenvalue weighted by Gasteiger charge is 2.38. The van der Waals surface area contributed by atoms with Gasteiger partial charge >= 0.3 is 0 Å². The number of Topliss-reactive ketones (excluding diaryl/α,β-unsaturated/α-hetero) is 4. The molecule has 10 heteroatoms. The monoisotopic (exact) mass is 464 g/mol. The van der Waals surface area contributed by atoms with Crippen LogP contribution in [0.5, 0.6) is 0 Å². The maximum atomic E-state index is 12.8. The van der Waals surface area contributed by atoms with Crippen molar-refractivity contribution in [1.29, 1.82) is 0 Å².